The number of rotatable bonds is 2. The molecular formula is C15H9FN2O2. The summed E-state index contributed by atoms with van der Waals surface area (Å²) in [4.78, 5) is 19.8. The van der Waals surface area contributed by atoms with Gasteiger partial charge < -0.3 is 4.74 Å². The molecule has 5 heteroatoms. The van der Waals surface area contributed by atoms with Crippen molar-refractivity contribution in [1.29, 1.82) is 0 Å². The lowest BCUT2D eigenvalue weighted by Gasteiger charge is -1.96. The lowest BCUT2D eigenvalue weighted by atomic mass is 10.2. The first-order chi connectivity index (χ1) is 9.74. The highest BCUT2D eigenvalue weighted by molar-refractivity contribution is 6.12. The first-order valence-corrected chi connectivity index (χ1v) is 5.92. The Morgan fingerprint density at radius 2 is 1.90 bits per heavy atom. The molecule has 0 unspecified atom stereocenters. The fraction of sp³-hybridized carbons (Fsp3) is 0. The van der Waals surface area contributed by atoms with Gasteiger partial charge in [-0.2, -0.15) is 0 Å². The number of aromatic nitrogens is 1. The highest BCUT2D eigenvalue weighted by Crippen LogP contribution is 2.19. The van der Waals surface area contributed by atoms with Crippen LogP contribution >= 0.6 is 0 Å². The summed E-state index contributed by atoms with van der Waals surface area (Å²) in [7, 11) is 0. The molecule has 0 amide bonds. The SMILES string of the molecule is O=C1OC(c2ccccn2)=N/C1=C\c1ccccc1F. The highest BCUT2D eigenvalue weighted by atomic mass is 19.1. The number of hydrogen-bond donors (Lipinski definition) is 0. The minimum Gasteiger partial charge on any atom is -0.400 e. The van der Waals surface area contributed by atoms with Gasteiger partial charge in [0.05, 0.1) is 0 Å². The third-order valence-corrected chi connectivity index (χ3v) is 2.70. The molecule has 4 nitrogen and oxygen atoms in total. The Kier molecular flexibility index (Phi) is 3.09. The summed E-state index contributed by atoms with van der Waals surface area (Å²) in [6, 6.07) is 11.3. The minimum absolute atomic E-state index is 0.0516. The lowest BCUT2D eigenvalue weighted by molar-refractivity contribution is -0.129. The lowest BCUT2D eigenvalue weighted by Crippen LogP contribution is -2.06. The molecule has 0 saturated carbocycles. The van der Waals surface area contributed by atoms with E-state index in [1.807, 2.05) is 0 Å². The smallest absolute Gasteiger partial charge is 0.363 e. The van der Waals surface area contributed by atoms with Gasteiger partial charge in [-0.25, -0.2) is 14.2 Å². The molecule has 2 aromatic rings. The van der Waals surface area contributed by atoms with Crippen LogP contribution in [0.15, 0.2) is 59.4 Å². The van der Waals surface area contributed by atoms with Gasteiger partial charge in [0.1, 0.15) is 11.5 Å². The molecule has 1 aromatic heterocycles. The Morgan fingerprint density at radius 3 is 2.65 bits per heavy atom. The van der Waals surface area contributed by atoms with E-state index < -0.39 is 11.8 Å². The molecule has 0 radical (unpaired) electrons. The third kappa shape index (κ3) is 2.33. The molecule has 0 aliphatic carbocycles. The molecule has 0 N–H and O–H groups in total. The van der Waals surface area contributed by atoms with Gasteiger partial charge in [0.25, 0.3) is 0 Å². The summed E-state index contributed by atoms with van der Waals surface area (Å²) in [6.07, 6.45) is 2.93. The first-order valence-electron chi connectivity index (χ1n) is 5.92. The molecule has 1 aliphatic heterocycles. The van der Waals surface area contributed by atoms with E-state index in [-0.39, 0.29) is 17.2 Å². The maximum Gasteiger partial charge on any atom is 0.363 e. The number of benzene rings is 1. The van der Waals surface area contributed by atoms with Gasteiger partial charge in [0, 0.05) is 11.8 Å². The van der Waals surface area contributed by atoms with E-state index in [4.69, 9.17) is 4.74 Å². The third-order valence-electron chi connectivity index (χ3n) is 2.70. The highest BCUT2D eigenvalue weighted by Gasteiger charge is 2.25. The van der Waals surface area contributed by atoms with Gasteiger partial charge in [-0.1, -0.05) is 24.3 Å². The standard InChI is InChI=1S/C15H9FN2O2/c16-11-6-2-1-5-10(11)9-13-15(19)20-14(18-13)12-7-3-4-8-17-12/h1-9H/b13-9-. The maximum absolute atomic E-state index is 13.5. The molecule has 3 rings (SSSR count). The van der Waals surface area contributed by atoms with Crippen LogP contribution in [0.5, 0.6) is 0 Å². The van der Waals surface area contributed by atoms with Gasteiger partial charge in [-0.3, -0.25) is 4.98 Å². The monoisotopic (exact) mass is 268 g/mol. The van der Waals surface area contributed by atoms with Crippen LogP contribution in [0.3, 0.4) is 0 Å². The molecule has 98 valence electrons. The Morgan fingerprint density at radius 1 is 1.10 bits per heavy atom. The van der Waals surface area contributed by atoms with Crippen molar-refractivity contribution >= 4 is 17.9 Å². The first kappa shape index (κ1) is 12.2. The fourth-order valence-corrected chi connectivity index (χ4v) is 1.75. The molecule has 0 saturated heterocycles. The van der Waals surface area contributed by atoms with Crippen molar-refractivity contribution in [2.45, 2.75) is 0 Å². The van der Waals surface area contributed by atoms with Crippen molar-refractivity contribution in [3.63, 3.8) is 0 Å². The Labute approximate surface area is 114 Å². The number of ether oxygens (including phenoxy) is 1. The van der Waals surface area contributed by atoms with Crippen molar-refractivity contribution in [3.05, 3.63) is 71.4 Å². The van der Waals surface area contributed by atoms with Crippen LogP contribution in [-0.2, 0) is 9.53 Å². The number of hydrogen-bond acceptors (Lipinski definition) is 4. The van der Waals surface area contributed by atoms with E-state index in [1.54, 1.807) is 42.6 Å². The maximum atomic E-state index is 13.5. The van der Waals surface area contributed by atoms with Crippen LogP contribution in [0.4, 0.5) is 4.39 Å². The van der Waals surface area contributed by atoms with Crippen LogP contribution in [0, 0.1) is 5.82 Å². The fourth-order valence-electron chi connectivity index (χ4n) is 1.75. The zero-order valence-corrected chi connectivity index (χ0v) is 10.3. The largest absolute Gasteiger partial charge is 0.400 e. The van der Waals surface area contributed by atoms with Crippen LogP contribution in [0.25, 0.3) is 6.08 Å². The molecule has 0 spiro atoms. The predicted molar refractivity (Wildman–Crippen MR) is 71.2 cm³/mol. The Bertz CT molecular complexity index is 724. The number of nitrogens with zero attached hydrogens (tertiary/aromatic N) is 2. The molecule has 1 aromatic carbocycles. The van der Waals surface area contributed by atoms with Crippen molar-refractivity contribution in [2.24, 2.45) is 4.99 Å². The van der Waals surface area contributed by atoms with E-state index >= 15 is 0 Å². The van der Waals surface area contributed by atoms with Crippen LogP contribution in [0.1, 0.15) is 11.3 Å². The average Bonchev–Trinajstić information content (AvgIpc) is 2.84. The van der Waals surface area contributed by atoms with E-state index in [0.29, 0.717) is 5.69 Å². The summed E-state index contributed by atoms with van der Waals surface area (Å²) in [5, 5.41) is 0. The summed E-state index contributed by atoms with van der Waals surface area (Å²) in [6.45, 7) is 0. The molecule has 0 atom stereocenters. The topological polar surface area (TPSA) is 51.5 Å². The van der Waals surface area contributed by atoms with Crippen molar-refractivity contribution in [2.75, 3.05) is 0 Å². The van der Waals surface area contributed by atoms with Crippen LogP contribution < -0.4 is 0 Å². The van der Waals surface area contributed by atoms with Crippen molar-refractivity contribution in [1.82, 2.24) is 4.98 Å². The summed E-state index contributed by atoms with van der Waals surface area (Å²) in [5.41, 5.74) is 0.791. The predicted octanol–water partition coefficient (Wildman–Crippen LogP) is 2.57. The van der Waals surface area contributed by atoms with E-state index in [9.17, 15) is 9.18 Å². The van der Waals surface area contributed by atoms with Gasteiger partial charge in [0.15, 0.2) is 5.70 Å². The van der Waals surface area contributed by atoms with E-state index in [1.165, 1.54) is 12.1 Å². The van der Waals surface area contributed by atoms with Crippen LogP contribution in [0.2, 0.25) is 0 Å². The molecule has 0 bridgehead atoms. The summed E-state index contributed by atoms with van der Waals surface area (Å²) >= 11 is 0. The minimum atomic E-state index is -0.617. The van der Waals surface area contributed by atoms with Gasteiger partial charge >= 0.3 is 5.97 Å². The molecule has 20 heavy (non-hydrogen) atoms. The van der Waals surface area contributed by atoms with E-state index in [0.717, 1.165) is 0 Å². The zero-order valence-electron chi connectivity index (χ0n) is 10.3. The molecular weight excluding hydrogens is 259 g/mol. The molecule has 1 aliphatic rings. The number of carbonyl (C=O) groups is 1. The van der Waals surface area contributed by atoms with Gasteiger partial charge in [0.2, 0.25) is 5.90 Å². The van der Waals surface area contributed by atoms with E-state index in [2.05, 4.69) is 9.98 Å². The zero-order chi connectivity index (χ0) is 13.9. The number of carbonyl (C=O) groups excluding carboxylic acids is 1. The normalized spacial score (nSPS) is 16.1. The number of aliphatic imine (C=N–C) groups is 1. The summed E-state index contributed by atoms with van der Waals surface area (Å²) < 4.78 is 18.6. The second-order valence-corrected chi connectivity index (χ2v) is 4.07. The number of pyridine rings is 1. The van der Waals surface area contributed by atoms with Crippen LogP contribution in [-0.4, -0.2) is 16.9 Å². The van der Waals surface area contributed by atoms with Gasteiger partial charge in [-0.15, -0.1) is 0 Å². The molecule has 0 fully saturated rings. The van der Waals surface area contributed by atoms with Gasteiger partial charge in [-0.05, 0) is 24.3 Å². The average molecular weight is 268 g/mol. The number of esters is 1. The Hall–Kier alpha value is -2.82. The quantitative estimate of drug-likeness (QED) is 0.621. The second-order valence-electron chi connectivity index (χ2n) is 4.07. The number of cyclic esters (lactones) is 1. The number of halogens is 1. The van der Waals surface area contributed by atoms with Crippen molar-refractivity contribution < 1.29 is 13.9 Å². The molecule has 2 heterocycles. The summed E-state index contributed by atoms with van der Waals surface area (Å²) in [5.74, 6) is -0.915. The Balaban J connectivity index is 1.97. The second kappa shape index (κ2) is 5.05. The van der Waals surface area contributed by atoms with Crippen molar-refractivity contribution in [3.8, 4) is 0 Å².